The van der Waals surface area contributed by atoms with E-state index >= 15 is 0 Å². The summed E-state index contributed by atoms with van der Waals surface area (Å²) in [5.74, 6) is 0.674. The molecule has 5 heteroatoms. The molecule has 0 aliphatic rings. The SMILES string of the molecule is COc1c(Br)cccc1CN(C(=O)O)C(C)(C)C. The molecule has 1 aromatic rings. The lowest BCUT2D eigenvalue weighted by Crippen LogP contribution is -2.44. The molecular weight excluding hydrogens is 298 g/mol. The highest BCUT2D eigenvalue weighted by atomic mass is 79.9. The molecule has 0 atom stereocenters. The predicted molar refractivity (Wildman–Crippen MR) is 74.0 cm³/mol. The van der Waals surface area contributed by atoms with E-state index in [0.717, 1.165) is 10.0 Å². The first-order valence-corrected chi connectivity index (χ1v) is 6.38. The molecule has 0 radical (unpaired) electrons. The molecular formula is C13H18BrNO3. The molecule has 4 nitrogen and oxygen atoms in total. The minimum atomic E-state index is -0.940. The highest BCUT2D eigenvalue weighted by Gasteiger charge is 2.27. The molecule has 100 valence electrons. The van der Waals surface area contributed by atoms with Crippen LogP contribution in [0.5, 0.6) is 5.75 Å². The van der Waals surface area contributed by atoms with E-state index in [0.29, 0.717) is 12.3 Å². The van der Waals surface area contributed by atoms with E-state index in [1.807, 2.05) is 39.0 Å². The van der Waals surface area contributed by atoms with Gasteiger partial charge in [0.2, 0.25) is 0 Å². The van der Waals surface area contributed by atoms with Crippen LogP contribution in [0.2, 0.25) is 0 Å². The van der Waals surface area contributed by atoms with Crippen LogP contribution in [-0.2, 0) is 6.54 Å². The molecule has 1 amide bonds. The third kappa shape index (κ3) is 3.38. The third-order valence-electron chi connectivity index (χ3n) is 2.62. The van der Waals surface area contributed by atoms with Crippen LogP contribution in [0.3, 0.4) is 0 Å². The van der Waals surface area contributed by atoms with Crippen LogP contribution in [0.4, 0.5) is 4.79 Å². The second kappa shape index (κ2) is 5.61. The van der Waals surface area contributed by atoms with Crippen LogP contribution in [0.25, 0.3) is 0 Å². The second-order valence-electron chi connectivity index (χ2n) is 4.97. The first kappa shape index (κ1) is 14.8. The Morgan fingerprint density at radius 3 is 2.50 bits per heavy atom. The molecule has 0 fully saturated rings. The number of carboxylic acid groups (broad SMARTS) is 1. The fraction of sp³-hybridized carbons (Fsp3) is 0.462. The Bertz CT molecular complexity index is 440. The molecule has 0 saturated heterocycles. The minimum Gasteiger partial charge on any atom is -0.495 e. The number of ether oxygens (including phenoxy) is 1. The van der Waals surface area contributed by atoms with Crippen molar-refractivity contribution in [2.45, 2.75) is 32.9 Å². The summed E-state index contributed by atoms with van der Waals surface area (Å²) in [6, 6.07) is 5.60. The number of nitrogens with zero attached hydrogens (tertiary/aromatic N) is 1. The van der Waals surface area contributed by atoms with E-state index in [4.69, 9.17) is 4.74 Å². The molecule has 0 aliphatic heterocycles. The summed E-state index contributed by atoms with van der Waals surface area (Å²) in [6.45, 7) is 5.89. The Hall–Kier alpha value is -1.23. The molecule has 1 rings (SSSR count). The number of para-hydroxylation sites is 1. The summed E-state index contributed by atoms with van der Waals surface area (Å²) >= 11 is 3.39. The van der Waals surface area contributed by atoms with E-state index in [-0.39, 0.29) is 0 Å². The van der Waals surface area contributed by atoms with Gasteiger partial charge < -0.3 is 9.84 Å². The highest BCUT2D eigenvalue weighted by Crippen LogP contribution is 2.31. The molecule has 0 bridgehead atoms. The maximum atomic E-state index is 11.3. The van der Waals surface area contributed by atoms with Crippen molar-refractivity contribution in [1.82, 2.24) is 4.90 Å². The van der Waals surface area contributed by atoms with Gasteiger partial charge in [0.1, 0.15) is 5.75 Å². The van der Waals surface area contributed by atoms with Crippen LogP contribution in [0.1, 0.15) is 26.3 Å². The summed E-state index contributed by atoms with van der Waals surface area (Å²) in [7, 11) is 1.58. The zero-order valence-electron chi connectivity index (χ0n) is 11.0. The normalized spacial score (nSPS) is 11.2. The van der Waals surface area contributed by atoms with Gasteiger partial charge in [-0.25, -0.2) is 4.79 Å². The predicted octanol–water partition coefficient (Wildman–Crippen LogP) is 3.74. The van der Waals surface area contributed by atoms with Crippen LogP contribution < -0.4 is 4.74 Å². The monoisotopic (exact) mass is 315 g/mol. The van der Waals surface area contributed by atoms with Crippen molar-refractivity contribution in [2.75, 3.05) is 7.11 Å². The lowest BCUT2D eigenvalue weighted by atomic mass is 10.0. The topological polar surface area (TPSA) is 49.8 Å². The molecule has 0 heterocycles. The number of methoxy groups -OCH3 is 1. The van der Waals surface area contributed by atoms with Crippen molar-refractivity contribution in [1.29, 1.82) is 0 Å². The van der Waals surface area contributed by atoms with Crippen molar-refractivity contribution in [3.63, 3.8) is 0 Å². The summed E-state index contributed by atoms with van der Waals surface area (Å²) < 4.78 is 6.12. The largest absolute Gasteiger partial charge is 0.495 e. The van der Waals surface area contributed by atoms with Gasteiger partial charge in [-0.1, -0.05) is 12.1 Å². The number of hydrogen-bond donors (Lipinski definition) is 1. The van der Waals surface area contributed by atoms with Gasteiger partial charge in [-0.2, -0.15) is 0 Å². The Labute approximate surface area is 116 Å². The number of halogens is 1. The zero-order valence-corrected chi connectivity index (χ0v) is 12.6. The van der Waals surface area contributed by atoms with E-state index in [1.165, 1.54) is 4.90 Å². The van der Waals surface area contributed by atoms with Gasteiger partial charge in [-0.3, -0.25) is 4.90 Å². The van der Waals surface area contributed by atoms with Crippen LogP contribution in [0.15, 0.2) is 22.7 Å². The third-order valence-corrected chi connectivity index (χ3v) is 3.25. The van der Waals surface area contributed by atoms with Crippen LogP contribution in [0, 0.1) is 0 Å². The smallest absolute Gasteiger partial charge is 0.408 e. The molecule has 0 spiro atoms. The number of hydrogen-bond acceptors (Lipinski definition) is 2. The number of carbonyl (C=O) groups is 1. The molecule has 0 saturated carbocycles. The highest BCUT2D eigenvalue weighted by molar-refractivity contribution is 9.10. The fourth-order valence-electron chi connectivity index (χ4n) is 1.67. The molecule has 1 N–H and O–H groups in total. The van der Waals surface area contributed by atoms with Crippen molar-refractivity contribution in [2.24, 2.45) is 0 Å². The van der Waals surface area contributed by atoms with Gasteiger partial charge >= 0.3 is 6.09 Å². The standard InChI is InChI=1S/C13H18BrNO3/c1-13(2,3)15(12(16)17)8-9-6-5-7-10(14)11(9)18-4/h5-7H,8H2,1-4H3,(H,16,17). The first-order valence-electron chi connectivity index (χ1n) is 5.59. The second-order valence-corrected chi connectivity index (χ2v) is 5.83. The van der Waals surface area contributed by atoms with Gasteiger partial charge in [-0.15, -0.1) is 0 Å². The summed E-state index contributed by atoms with van der Waals surface area (Å²) in [4.78, 5) is 12.7. The summed E-state index contributed by atoms with van der Waals surface area (Å²) in [6.07, 6.45) is -0.940. The van der Waals surface area contributed by atoms with Gasteiger partial charge in [-0.05, 0) is 42.8 Å². The average Bonchev–Trinajstić information content (AvgIpc) is 2.23. The molecule has 0 unspecified atom stereocenters. The Morgan fingerprint density at radius 1 is 1.44 bits per heavy atom. The van der Waals surface area contributed by atoms with E-state index in [2.05, 4.69) is 15.9 Å². The summed E-state index contributed by atoms with van der Waals surface area (Å²) in [5.41, 5.74) is 0.378. The minimum absolute atomic E-state index is 0.293. The van der Waals surface area contributed by atoms with Gasteiger partial charge in [0.25, 0.3) is 0 Å². The van der Waals surface area contributed by atoms with Crippen molar-refractivity contribution in [3.05, 3.63) is 28.2 Å². The van der Waals surface area contributed by atoms with Gasteiger partial charge in [0, 0.05) is 11.1 Å². The van der Waals surface area contributed by atoms with E-state index in [9.17, 15) is 9.90 Å². The van der Waals surface area contributed by atoms with E-state index < -0.39 is 11.6 Å². The molecule has 0 aliphatic carbocycles. The maximum absolute atomic E-state index is 11.3. The number of benzene rings is 1. The Balaban J connectivity index is 3.09. The fourth-order valence-corrected chi connectivity index (χ4v) is 2.24. The quantitative estimate of drug-likeness (QED) is 0.924. The van der Waals surface area contributed by atoms with Crippen molar-refractivity contribution >= 4 is 22.0 Å². The van der Waals surface area contributed by atoms with Crippen LogP contribution >= 0.6 is 15.9 Å². The van der Waals surface area contributed by atoms with Crippen molar-refractivity contribution < 1.29 is 14.6 Å². The molecule has 18 heavy (non-hydrogen) atoms. The lowest BCUT2D eigenvalue weighted by Gasteiger charge is -2.33. The summed E-state index contributed by atoms with van der Waals surface area (Å²) in [5, 5.41) is 9.28. The zero-order chi connectivity index (χ0) is 13.9. The Kier molecular flexibility index (Phi) is 4.62. The van der Waals surface area contributed by atoms with Crippen LogP contribution in [-0.4, -0.2) is 28.7 Å². The van der Waals surface area contributed by atoms with E-state index in [1.54, 1.807) is 7.11 Å². The molecule has 0 aromatic heterocycles. The maximum Gasteiger partial charge on any atom is 0.408 e. The Morgan fingerprint density at radius 2 is 2.06 bits per heavy atom. The number of rotatable bonds is 3. The molecule has 1 aromatic carbocycles. The van der Waals surface area contributed by atoms with Gasteiger partial charge in [0.05, 0.1) is 18.1 Å². The van der Waals surface area contributed by atoms with Gasteiger partial charge in [0.15, 0.2) is 0 Å². The van der Waals surface area contributed by atoms with Crippen molar-refractivity contribution in [3.8, 4) is 5.75 Å². The number of amides is 1. The average molecular weight is 316 g/mol. The lowest BCUT2D eigenvalue weighted by molar-refractivity contribution is 0.0950. The first-order chi connectivity index (χ1) is 8.27.